The number of anilines is 1. The molecule has 50 heavy (non-hydrogen) atoms. The van der Waals surface area contributed by atoms with Crippen LogP contribution in [-0.2, 0) is 55.6 Å². The molecule has 4 atom stereocenters. The number of halogens is 2. The van der Waals surface area contributed by atoms with Gasteiger partial charge in [0.15, 0.2) is 10.8 Å². The summed E-state index contributed by atoms with van der Waals surface area (Å²) in [6.45, 7) is 6.09. The molecule has 2 radical (unpaired) electrons. The molecule has 1 fully saturated rings. The first-order valence-electron chi connectivity index (χ1n) is 14.5. The Morgan fingerprint density at radius 3 is 2.52 bits per heavy atom. The zero-order valence-corrected chi connectivity index (χ0v) is 31.7. The standard InChI is InChI=1S/C29H30BClIN5O11S2/c1-13(25(40)47-30)48-36-18(17-21(31)49-27(34-17)35-28(42)46-29(2,3)4)22(38)33-19-23(39)37-20(15(10-32)12-50(43)24(19)37)26(41)45-11-14-6-8-16(44-5)9-7-14/h6-9,13,19,24H,10-12H2,1-5H3,(H,33,38)(H,34,35,42)/b36-18-/t13-,19+,24+,50?/m0/s1. The summed E-state index contributed by atoms with van der Waals surface area (Å²) < 4.78 is 33.5. The number of oxime groups is 1. The number of amides is 3. The first-order chi connectivity index (χ1) is 23.6. The number of ether oxygens (including phenoxy) is 3. The van der Waals surface area contributed by atoms with Gasteiger partial charge in [-0.25, -0.2) is 19.4 Å². The van der Waals surface area contributed by atoms with Gasteiger partial charge in [0.2, 0.25) is 6.10 Å². The van der Waals surface area contributed by atoms with E-state index in [-0.39, 0.29) is 37.6 Å². The number of carbonyl (C=O) groups excluding carboxylic acids is 5. The van der Waals surface area contributed by atoms with Crippen molar-refractivity contribution in [1.29, 1.82) is 0 Å². The molecule has 0 saturated carbocycles. The van der Waals surface area contributed by atoms with Crippen LogP contribution in [0.15, 0.2) is 40.7 Å². The molecule has 2 N–H and O–H groups in total. The van der Waals surface area contributed by atoms with E-state index in [1.54, 1.807) is 45.0 Å². The second-order valence-electron chi connectivity index (χ2n) is 11.5. The lowest BCUT2D eigenvalue weighted by Crippen LogP contribution is -2.74. The Morgan fingerprint density at radius 2 is 1.92 bits per heavy atom. The highest BCUT2D eigenvalue weighted by molar-refractivity contribution is 14.1. The maximum absolute atomic E-state index is 13.7. The quantitative estimate of drug-likeness (QED) is 0.0603. The Morgan fingerprint density at radius 1 is 1.24 bits per heavy atom. The lowest BCUT2D eigenvalue weighted by Gasteiger charge is -2.49. The summed E-state index contributed by atoms with van der Waals surface area (Å²) in [4.78, 5) is 75.0. The molecule has 21 heteroatoms. The van der Waals surface area contributed by atoms with Gasteiger partial charge in [-0.2, -0.15) is 0 Å². The molecule has 2 aliphatic rings. The van der Waals surface area contributed by atoms with E-state index in [0.29, 0.717) is 16.9 Å². The molecule has 1 saturated heterocycles. The average molecular weight is 862 g/mol. The van der Waals surface area contributed by atoms with Gasteiger partial charge in [0.1, 0.15) is 45.1 Å². The van der Waals surface area contributed by atoms with E-state index in [9.17, 15) is 28.2 Å². The SMILES string of the molecule is [B]OC(=O)[C@H](C)O/N=C(\C(=O)N[C@@H]1C(=O)N2C(C(=O)OCc3ccc(OC)cc3)=C(CI)CS(=O)[C@H]12)c1nc(NC(=O)OC(C)(C)C)sc1Cl. The van der Waals surface area contributed by atoms with Crippen molar-refractivity contribution in [3.05, 3.63) is 51.1 Å². The van der Waals surface area contributed by atoms with Gasteiger partial charge in [-0.05, 0) is 51.0 Å². The van der Waals surface area contributed by atoms with Gasteiger partial charge < -0.3 is 29.0 Å². The Labute approximate surface area is 312 Å². The molecule has 266 valence electrons. The van der Waals surface area contributed by atoms with Gasteiger partial charge in [0, 0.05) is 4.43 Å². The van der Waals surface area contributed by atoms with Crippen LogP contribution in [0.2, 0.25) is 4.34 Å². The Balaban J connectivity index is 1.56. The predicted octanol–water partition coefficient (Wildman–Crippen LogP) is 2.74. The minimum atomic E-state index is -1.74. The number of hydrogen-bond acceptors (Lipinski definition) is 14. The summed E-state index contributed by atoms with van der Waals surface area (Å²) >= 11 is 9.13. The first-order valence-corrected chi connectivity index (χ1v) is 18.6. The molecule has 1 unspecified atom stereocenters. The molecule has 2 aromatic rings. The van der Waals surface area contributed by atoms with Crippen LogP contribution in [0.1, 0.15) is 39.0 Å². The average Bonchev–Trinajstić information content (AvgIpc) is 3.42. The first kappa shape index (κ1) is 39.0. The number of β-lactam (4-membered cyclic amide) rings is 1. The molecule has 3 heterocycles. The zero-order valence-electron chi connectivity index (χ0n) is 27.1. The van der Waals surface area contributed by atoms with Crippen molar-refractivity contribution >= 4 is 105 Å². The number of rotatable bonds is 12. The third-order valence-corrected chi connectivity index (χ3v) is 10.5. The van der Waals surface area contributed by atoms with Gasteiger partial charge in [-0.15, -0.1) is 0 Å². The van der Waals surface area contributed by atoms with Crippen LogP contribution in [0.5, 0.6) is 5.75 Å². The zero-order chi connectivity index (χ0) is 36.9. The number of methoxy groups -OCH3 is 1. The van der Waals surface area contributed by atoms with Crippen molar-refractivity contribution in [3.8, 4) is 5.75 Å². The number of nitrogens with one attached hydrogen (secondary N) is 2. The van der Waals surface area contributed by atoms with Crippen LogP contribution < -0.4 is 15.4 Å². The topological polar surface area (TPSA) is 201 Å². The third kappa shape index (κ3) is 9.12. The molecule has 0 spiro atoms. The Bertz CT molecular complexity index is 1770. The number of alkyl halides is 1. The minimum absolute atomic E-state index is 0.0558. The van der Waals surface area contributed by atoms with E-state index in [0.717, 1.165) is 16.2 Å². The van der Waals surface area contributed by atoms with Crippen LogP contribution in [0.25, 0.3) is 0 Å². The molecule has 1 aromatic heterocycles. The molecular formula is C29H30BClIN5O11S2. The van der Waals surface area contributed by atoms with E-state index in [1.165, 1.54) is 14.0 Å². The number of benzene rings is 1. The highest BCUT2D eigenvalue weighted by Gasteiger charge is 2.57. The summed E-state index contributed by atoms with van der Waals surface area (Å²) in [6, 6.07) is 5.46. The van der Waals surface area contributed by atoms with Crippen LogP contribution in [0.4, 0.5) is 9.93 Å². The number of nitrogens with zero attached hydrogens (tertiary/aromatic N) is 3. The summed E-state index contributed by atoms with van der Waals surface area (Å²) in [5, 5.41) is 7.38. The number of carbonyl (C=O) groups is 5. The van der Waals surface area contributed by atoms with E-state index < -0.39 is 69.5 Å². The van der Waals surface area contributed by atoms with Crippen LogP contribution >= 0.6 is 45.5 Å². The highest BCUT2D eigenvalue weighted by Crippen LogP contribution is 2.36. The van der Waals surface area contributed by atoms with Crippen molar-refractivity contribution < 1.29 is 51.9 Å². The summed E-state index contributed by atoms with van der Waals surface area (Å²) in [5.74, 6) is -3.09. The molecule has 0 aliphatic carbocycles. The molecule has 2 aliphatic heterocycles. The smallest absolute Gasteiger partial charge is 0.413 e. The predicted molar refractivity (Wildman–Crippen MR) is 190 cm³/mol. The Kier molecular flexibility index (Phi) is 12.9. The van der Waals surface area contributed by atoms with Crippen molar-refractivity contribution in [2.24, 2.45) is 5.16 Å². The van der Waals surface area contributed by atoms with E-state index >= 15 is 0 Å². The maximum atomic E-state index is 13.7. The number of aromatic nitrogens is 1. The minimum Gasteiger partial charge on any atom is -0.541 e. The van der Waals surface area contributed by atoms with E-state index in [4.69, 9.17) is 38.7 Å². The fourth-order valence-corrected chi connectivity index (χ4v) is 8.16. The van der Waals surface area contributed by atoms with Gasteiger partial charge in [0.05, 0.1) is 23.7 Å². The van der Waals surface area contributed by atoms with Crippen LogP contribution in [0.3, 0.4) is 0 Å². The molecule has 4 rings (SSSR count). The lowest BCUT2D eigenvalue weighted by atomic mass is 10.0. The number of esters is 1. The van der Waals surface area contributed by atoms with Gasteiger partial charge in [0.25, 0.3) is 11.8 Å². The number of fused-ring (bicyclic) bond motifs is 1. The third-order valence-electron chi connectivity index (χ3n) is 6.76. The van der Waals surface area contributed by atoms with Crippen molar-refractivity contribution in [3.63, 3.8) is 0 Å². The van der Waals surface area contributed by atoms with Gasteiger partial charge in [-0.3, -0.25) is 24.0 Å². The van der Waals surface area contributed by atoms with E-state index in [1.807, 2.05) is 22.6 Å². The lowest BCUT2D eigenvalue weighted by molar-refractivity contribution is -0.153. The van der Waals surface area contributed by atoms with Crippen LogP contribution in [0, 0.1) is 0 Å². The van der Waals surface area contributed by atoms with E-state index in [2.05, 4.69) is 25.4 Å². The summed E-state index contributed by atoms with van der Waals surface area (Å²) in [6.07, 6.45) is -2.25. The second-order valence-corrected chi connectivity index (χ2v) is 15.4. The van der Waals surface area contributed by atoms with Crippen molar-refractivity contribution in [1.82, 2.24) is 15.2 Å². The van der Waals surface area contributed by atoms with Crippen molar-refractivity contribution in [2.75, 3.05) is 22.6 Å². The van der Waals surface area contributed by atoms with Gasteiger partial charge >= 0.3 is 26.1 Å². The molecule has 0 bridgehead atoms. The maximum Gasteiger partial charge on any atom is 0.413 e. The number of thiazole rings is 1. The summed E-state index contributed by atoms with van der Waals surface area (Å²) in [7, 11) is 4.69. The molecular weight excluding hydrogens is 832 g/mol. The largest absolute Gasteiger partial charge is 0.541 e. The monoisotopic (exact) mass is 861 g/mol. The Hall–Kier alpha value is -3.76. The molecule has 3 amide bonds. The second kappa shape index (κ2) is 16.5. The fraction of sp³-hybridized carbons (Fsp3) is 0.414. The fourth-order valence-electron chi connectivity index (χ4n) is 4.45. The number of hydrogen-bond donors (Lipinski definition) is 2. The normalized spacial score (nSPS) is 19.4. The van der Waals surface area contributed by atoms with Crippen LogP contribution in [-0.4, -0.2) is 98.1 Å². The summed E-state index contributed by atoms with van der Waals surface area (Å²) in [5.41, 5.74) is -0.689. The molecule has 16 nitrogen and oxygen atoms in total. The molecule has 1 aromatic carbocycles. The highest BCUT2D eigenvalue weighted by atomic mass is 127. The van der Waals surface area contributed by atoms with Gasteiger partial charge in [-0.1, -0.05) is 62.8 Å². The van der Waals surface area contributed by atoms with Crippen molar-refractivity contribution in [2.45, 2.75) is 57.4 Å².